The van der Waals surface area contributed by atoms with Gasteiger partial charge in [0.15, 0.2) is 0 Å². The minimum Gasteiger partial charge on any atom is -0.390 e. The highest BCUT2D eigenvalue weighted by molar-refractivity contribution is 6.09. The summed E-state index contributed by atoms with van der Waals surface area (Å²) in [7, 11) is 0. The van der Waals surface area contributed by atoms with Crippen molar-refractivity contribution in [3.05, 3.63) is 65.0 Å². The Kier molecular flexibility index (Phi) is 4.97. The predicted molar refractivity (Wildman–Crippen MR) is 118 cm³/mol. The van der Waals surface area contributed by atoms with Crippen LogP contribution in [0.5, 0.6) is 0 Å². The number of aliphatic hydroxyl groups is 1. The molecule has 2 unspecified atom stereocenters. The number of pyridine rings is 1. The van der Waals surface area contributed by atoms with E-state index in [9.17, 15) is 14.7 Å². The van der Waals surface area contributed by atoms with Crippen LogP contribution in [0.25, 0.3) is 0 Å². The zero-order valence-corrected chi connectivity index (χ0v) is 18.3. The van der Waals surface area contributed by atoms with Crippen LogP contribution in [-0.2, 0) is 0 Å². The van der Waals surface area contributed by atoms with Crippen molar-refractivity contribution in [1.29, 1.82) is 0 Å². The van der Waals surface area contributed by atoms with Crippen molar-refractivity contribution in [3.8, 4) is 0 Å². The molecule has 1 N–H and O–H groups in total. The van der Waals surface area contributed by atoms with Crippen LogP contribution < -0.4 is 0 Å². The van der Waals surface area contributed by atoms with Crippen LogP contribution in [0.2, 0.25) is 0 Å². The monoisotopic (exact) mass is 418 g/mol. The van der Waals surface area contributed by atoms with Gasteiger partial charge in [-0.25, -0.2) is 0 Å². The van der Waals surface area contributed by atoms with Crippen LogP contribution in [0.15, 0.2) is 42.6 Å². The van der Waals surface area contributed by atoms with E-state index in [0.717, 1.165) is 37.7 Å². The van der Waals surface area contributed by atoms with E-state index in [-0.39, 0.29) is 17.7 Å². The second kappa shape index (κ2) is 7.56. The smallest absolute Gasteiger partial charge is 0.254 e. The maximum atomic E-state index is 13.5. The molecular weight excluding hydrogens is 388 g/mol. The Bertz CT molecular complexity index is 1000. The molecule has 4 aliphatic rings. The number of ketones is 1. The number of benzene rings is 1. The summed E-state index contributed by atoms with van der Waals surface area (Å²) in [4.78, 5) is 32.5. The molecule has 4 aliphatic carbocycles. The third-order valence-electron chi connectivity index (χ3n) is 7.77. The number of carbonyl (C=O) groups excluding carboxylic acids is 2. The molecule has 31 heavy (non-hydrogen) atoms. The molecule has 5 heteroatoms. The van der Waals surface area contributed by atoms with Gasteiger partial charge in [0.1, 0.15) is 5.69 Å². The molecule has 1 amide bonds. The Labute approximate surface area is 183 Å². The summed E-state index contributed by atoms with van der Waals surface area (Å²) >= 11 is 0. The molecule has 0 aliphatic heterocycles. The SMILES string of the molecule is CCN(C(=O)c1ccc(C(=O)c2ncccc2C)cc1)C1C2CC3CC1CC(O)(C3)C2. The number of rotatable bonds is 5. The van der Waals surface area contributed by atoms with Crippen LogP contribution in [-0.4, -0.2) is 44.9 Å². The molecule has 4 fully saturated rings. The fourth-order valence-electron chi connectivity index (χ4n) is 6.74. The van der Waals surface area contributed by atoms with E-state index in [4.69, 9.17) is 0 Å². The highest BCUT2D eigenvalue weighted by Crippen LogP contribution is 2.57. The molecule has 0 radical (unpaired) electrons. The molecule has 4 saturated carbocycles. The highest BCUT2D eigenvalue weighted by atomic mass is 16.3. The predicted octanol–water partition coefficient (Wildman–Crippen LogP) is 4.02. The summed E-state index contributed by atoms with van der Waals surface area (Å²) in [5, 5.41) is 10.9. The lowest BCUT2D eigenvalue weighted by atomic mass is 9.52. The largest absolute Gasteiger partial charge is 0.390 e. The number of aryl methyl sites for hydroxylation is 1. The van der Waals surface area contributed by atoms with E-state index in [1.165, 1.54) is 0 Å². The standard InChI is InChI=1S/C26H30N2O3/c1-3-28(23-20-11-17-12-21(23)15-26(31,13-17)14-20)25(30)19-8-6-18(7-9-19)24(29)22-16(2)5-4-10-27-22/h4-10,17,20-21,23,31H,3,11-15H2,1-2H3. The van der Waals surface area contributed by atoms with Crippen molar-refractivity contribution in [2.75, 3.05) is 6.54 Å². The first-order chi connectivity index (χ1) is 14.9. The molecule has 0 spiro atoms. The fraction of sp³-hybridized carbons (Fsp3) is 0.500. The van der Waals surface area contributed by atoms with Gasteiger partial charge in [0, 0.05) is 29.9 Å². The van der Waals surface area contributed by atoms with Gasteiger partial charge >= 0.3 is 0 Å². The lowest BCUT2D eigenvalue weighted by Gasteiger charge is -2.60. The van der Waals surface area contributed by atoms with E-state index >= 15 is 0 Å². The zero-order chi connectivity index (χ0) is 21.8. The third kappa shape index (κ3) is 3.49. The maximum Gasteiger partial charge on any atom is 0.254 e. The van der Waals surface area contributed by atoms with E-state index in [1.54, 1.807) is 30.5 Å². The average molecular weight is 419 g/mol. The molecule has 0 saturated heterocycles. The molecular formula is C26H30N2O3. The molecule has 162 valence electrons. The molecule has 2 aromatic rings. The van der Waals surface area contributed by atoms with E-state index < -0.39 is 5.60 Å². The molecule has 4 bridgehead atoms. The van der Waals surface area contributed by atoms with Crippen molar-refractivity contribution < 1.29 is 14.7 Å². The van der Waals surface area contributed by atoms with Crippen molar-refractivity contribution in [3.63, 3.8) is 0 Å². The van der Waals surface area contributed by atoms with Gasteiger partial charge in [0.2, 0.25) is 5.78 Å². The van der Waals surface area contributed by atoms with Crippen molar-refractivity contribution in [2.24, 2.45) is 17.8 Å². The molecule has 1 aromatic carbocycles. The summed E-state index contributed by atoms with van der Waals surface area (Å²) in [5.41, 5.74) is 1.94. The van der Waals surface area contributed by atoms with Gasteiger partial charge in [-0.2, -0.15) is 0 Å². The lowest BCUT2D eigenvalue weighted by Crippen LogP contribution is -2.62. The number of aromatic nitrogens is 1. The Morgan fingerprint density at radius 2 is 1.71 bits per heavy atom. The first-order valence-corrected chi connectivity index (χ1v) is 11.5. The maximum absolute atomic E-state index is 13.5. The van der Waals surface area contributed by atoms with Crippen LogP contribution in [0.1, 0.15) is 71.0 Å². The number of hydrogen-bond donors (Lipinski definition) is 1. The second-order valence-electron chi connectivity index (χ2n) is 9.85. The van der Waals surface area contributed by atoms with Gasteiger partial charge < -0.3 is 10.0 Å². The van der Waals surface area contributed by atoms with Gasteiger partial charge in [-0.05, 0) is 87.5 Å². The topological polar surface area (TPSA) is 70.5 Å². The van der Waals surface area contributed by atoms with Gasteiger partial charge in [-0.1, -0.05) is 18.2 Å². The Morgan fingerprint density at radius 3 is 2.29 bits per heavy atom. The number of carbonyl (C=O) groups is 2. The van der Waals surface area contributed by atoms with Crippen LogP contribution in [0.3, 0.4) is 0 Å². The molecule has 1 heterocycles. The van der Waals surface area contributed by atoms with Gasteiger partial charge in [-0.3, -0.25) is 14.6 Å². The van der Waals surface area contributed by atoms with Crippen LogP contribution >= 0.6 is 0 Å². The number of hydrogen-bond acceptors (Lipinski definition) is 4. The van der Waals surface area contributed by atoms with Crippen molar-refractivity contribution in [2.45, 2.75) is 57.6 Å². The first-order valence-electron chi connectivity index (χ1n) is 11.5. The quantitative estimate of drug-likeness (QED) is 0.745. The number of amides is 1. The molecule has 5 nitrogen and oxygen atoms in total. The highest BCUT2D eigenvalue weighted by Gasteiger charge is 2.56. The average Bonchev–Trinajstić information content (AvgIpc) is 2.74. The van der Waals surface area contributed by atoms with E-state index in [0.29, 0.717) is 41.1 Å². The Morgan fingerprint density at radius 1 is 1.06 bits per heavy atom. The van der Waals surface area contributed by atoms with E-state index in [2.05, 4.69) is 4.98 Å². The van der Waals surface area contributed by atoms with Crippen molar-refractivity contribution >= 4 is 11.7 Å². The summed E-state index contributed by atoms with van der Waals surface area (Å²) in [6.45, 7) is 4.57. The second-order valence-corrected chi connectivity index (χ2v) is 9.85. The van der Waals surface area contributed by atoms with Crippen LogP contribution in [0.4, 0.5) is 0 Å². The zero-order valence-electron chi connectivity index (χ0n) is 18.3. The van der Waals surface area contributed by atoms with Gasteiger partial charge in [0.05, 0.1) is 5.60 Å². The fourth-order valence-corrected chi connectivity index (χ4v) is 6.74. The lowest BCUT2D eigenvalue weighted by molar-refractivity contribution is -0.154. The Balaban J connectivity index is 1.36. The molecule has 1 aromatic heterocycles. The molecule has 2 atom stereocenters. The Hall–Kier alpha value is -2.53. The van der Waals surface area contributed by atoms with Gasteiger partial charge in [-0.15, -0.1) is 0 Å². The number of nitrogens with zero attached hydrogens (tertiary/aromatic N) is 2. The summed E-state index contributed by atoms with van der Waals surface area (Å²) in [6.07, 6.45) is 6.47. The van der Waals surface area contributed by atoms with Crippen LogP contribution in [0, 0.1) is 24.7 Å². The minimum absolute atomic E-state index is 0.0278. The minimum atomic E-state index is -0.499. The van der Waals surface area contributed by atoms with Crippen molar-refractivity contribution in [1.82, 2.24) is 9.88 Å². The summed E-state index contributed by atoms with van der Waals surface area (Å²) in [6, 6.07) is 10.9. The first kappa shape index (κ1) is 20.4. The molecule has 6 rings (SSSR count). The third-order valence-corrected chi connectivity index (χ3v) is 7.77. The van der Waals surface area contributed by atoms with Gasteiger partial charge in [0.25, 0.3) is 5.91 Å². The summed E-state index contributed by atoms with van der Waals surface area (Å²) in [5.74, 6) is 1.31. The summed E-state index contributed by atoms with van der Waals surface area (Å²) < 4.78 is 0. The van der Waals surface area contributed by atoms with E-state index in [1.807, 2.05) is 30.9 Å². The normalized spacial score (nSPS) is 30.9.